The van der Waals surface area contributed by atoms with Crippen molar-refractivity contribution in [3.05, 3.63) is 4.88 Å². The van der Waals surface area contributed by atoms with E-state index in [9.17, 15) is 4.79 Å². The lowest BCUT2D eigenvalue weighted by molar-refractivity contribution is 0.0960. The summed E-state index contributed by atoms with van der Waals surface area (Å²) in [6.45, 7) is 7.72. The zero-order valence-corrected chi connectivity index (χ0v) is 13.5. The standard InChI is InChI=1S/C14H25N3O2S/c1-5-16-13(18)12-10(15)11(19-4)14(20-12)17-8-6-7-9(2)3/h9,17H,5-8,15H2,1-4H3,(H,16,18). The van der Waals surface area contributed by atoms with Gasteiger partial charge in [0.15, 0.2) is 5.75 Å². The highest BCUT2D eigenvalue weighted by Crippen LogP contribution is 2.42. The second-order valence-electron chi connectivity index (χ2n) is 5.03. The smallest absolute Gasteiger partial charge is 0.263 e. The van der Waals surface area contributed by atoms with Gasteiger partial charge in [0.25, 0.3) is 5.91 Å². The number of anilines is 2. The van der Waals surface area contributed by atoms with Crippen molar-refractivity contribution in [3.8, 4) is 5.75 Å². The number of rotatable bonds is 8. The summed E-state index contributed by atoms with van der Waals surface area (Å²) in [7, 11) is 1.57. The second kappa shape index (κ2) is 7.99. The monoisotopic (exact) mass is 299 g/mol. The molecule has 0 unspecified atom stereocenters. The number of nitrogens with one attached hydrogen (secondary N) is 2. The lowest BCUT2D eigenvalue weighted by Crippen LogP contribution is -2.22. The van der Waals surface area contributed by atoms with Gasteiger partial charge in [-0.3, -0.25) is 4.79 Å². The number of carbonyl (C=O) groups is 1. The lowest BCUT2D eigenvalue weighted by atomic mass is 10.1. The molecule has 0 saturated heterocycles. The average molecular weight is 299 g/mol. The van der Waals surface area contributed by atoms with Crippen LogP contribution >= 0.6 is 11.3 Å². The van der Waals surface area contributed by atoms with E-state index < -0.39 is 0 Å². The number of nitrogen functional groups attached to an aromatic ring is 1. The normalized spacial score (nSPS) is 10.7. The van der Waals surface area contributed by atoms with Gasteiger partial charge in [-0.1, -0.05) is 13.8 Å². The van der Waals surface area contributed by atoms with Crippen LogP contribution in [0.1, 0.15) is 43.3 Å². The fraction of sp³-hybridized carbons (Fsp3) is 0.643. The van der Waals surface area contributed by atoms with E-state index in [2.05, 4.69) is 24.5 Å². The van der Waals surface area contributed by atoms with Crippen LogP contribution in [0.2, 0.25) is 0 Å². The van der Waals surface area contributed by atoms with Crippen molar-refractivity contribution >= 4 is 27.9 Å². The first-order valence-corrected chi connectivity index (χ1v) is 7.81. The van der Waals surface area contributed by atoms with Crippen LogP contribution in [0, 0.1) is 5.92 Å². The minimum atomic E-state index is -0.150. The Labute approximate surface area is 124 Å². The molecule has 5 nitrogen and oxygen atoms in total. The van der Waals surface area contributed by atoms with Crippen molar-refractivity contribution in [1.29, 1.82) is 0 Å². The molecule has 0 atom stereocenters. The van der Waals surface area contributed by atoms with Crippen LogP contribution in [-0.4, -0.2) is 26.1 Å². The zero-order valence-electron chi connectivity index (χ0n) is 12.7. The lowest BCUT2D eigenvalue weighted by Gasteiger charge is -2.08. The summed E-state index contributed by atoms with van der Waals surface area (Å²) >= 11 is 1.34. The third-order valence-electron chi connectivity index (χ3n) is 2.89. The Kier molecular flexibility index (Phi) is 6.64. The summed E-state index contributed by atoms with van der Waals surface area (Å²) in [6, 6.07) is 0. The summed E-state index contributed by atoms with van der Waals surface area (Å²) in [5.74, 6) is 1.11. The first-order chi connectivity index (χ1) is 9.51. The van der Waals surface area contributed by atoms with Gasteiger partial charge in [0.2, 0.25) is 0 Å². The fourth-order valence-electron chi connectivity index (χ4n) is 1.87. The van der Waals surface area contributed by atoms with Crippen LogP contribution in [0.15, 0.2) is 0 Å². The molecule has 0 spiro atoms. The van der Waals surface area contributed by atoms with Crippen molar-refractivity contribution in [1.82, 2.24) is 5.32 Å². The van der Waals surface area contributed by atoms with Crippen LogP contribution < -0.4 is 21.1 Å². The summed E-state index contributed by atoms with van der Waals surface area (Å²) in [6.07, 6.45) is 2.24. The predicted octanol–water partition coefficient (Wildman–Crippen LogP) is 2.94. The van der Waals surface area contributed by atoms with Crippen molar-refractivity contribution in [3.63, 3.8) is 0 Å². The molecule has 0 bridgehead atoms. The Balaban J connectivity index is 2.75. The maximum Gasteiger partial charge on any atom is 0.263 e. The van der Waals surface area contributed by atoms with Gasteiger partial charge in [-0.2, -0.15) is 0 Å². The molecule has 0 aliphatic carbocycles. The maximum atomic E-state index is 11.9. The molecule has 1 aromatic rings. The third kappa shape index (κ3) is 4.30. The van der Waals surface area contributed by atoms with E-state index in [0.29, 0.717) is 28.8 Å². The summed E-state index contributed by atoms with van der Waals surface area (Å²) in [5, 5.41) is 6.90. The predicted molar refractivity (Wildman–Crippen MR) is 85.9 cm³/mol. The van der Waals surface area contributed by atoms with Gasteiger partial charge in [0.1, 0.15) is 15.6 Å². The Morgan fingerprint density at radius 2 is 2.15 bits per heavy atom. The third-order valence-corrected chi connectivity index (χ3v) is 4.03. The van der Waals surface area contributed by atoms with Crippen LogP contribution in [-0.2, 0) is 0 Å². The molecular formula is C14H25N3O2S. The van der Waals surface area contributed by atoms with Crippen molar-refractivity contribution in [2.45, 2.75) is 33.6 Å². The number of methoxy groups -OCH3 is 1. The van der Waals surface area contributed by atoms with Gasteiger partial charge >= 0.3 is 0 Å². The molecule has 0 aromatic carbocycles. The van der Waals surface area contributed by atoms with E-state index >= 15 is 0 Å². The topological polar surface area (TPSA) is 76.4 Å². The number of carbonyl (C=O) groups excluding carboxylic acids is 1. The first-order valence-electron chi connectivity index (χ1n) is 6.99. The minimum Gasteiger partial charge on any atom is -0.492 e. The van der Waals surface area contributed by atoms with Gasteiger partial charge in [0.05, 0.1) is 7.11 Å². The Morgan fingerprint density at radius 1 is 1.45 bits per heavy atom. The van der Waals surface area contributed by atoms with Crippen LogP contribution in [0.5, 0.6) is 5.75 Å². The number of amides is 1. The molecular weight excluding hydrogens is 274 g/mol. The summed E-state index contributed by atoms with van der Waals surface area (Å²) < 4.78 is 5.31. The van der Waals surface area contributed by atoms with Gasteiger partial charge in [0, 0.05) is 13.1 Å². The second-order valence-corrected chi connectivity index (χ2v) is 6.05. The van der Waals surface area contributed by atoms with E-state index in [-0.39, 0.29) is 5.91 Å². The number of ether oxygens (including phenoxy) is 1. The van der Waals surface area contributed by atoms with Gasteiger partial charge < -0.3 is 21.1 Å². The van der Waals surface area contributed by atoms with Gasteiger partial charge in [-0.15, -0.1) is 11.3 Å². The largest absolute Gasteiger partial charge is 0.492 e. The molecule has 0 fully saturated rings. The van der Waals surface area contributed by atoms with E-state index in [1.54, 1.807) is 7.11 Å². The zero-order chi connectivity index (χ0) is 15.1. The molecule has 0 radical (unpaired) electrons. The molecule has 0 aliphatic heterocycles. The highest BCUT2D eigenvalue weighted by Gasteiger charge is 2.21. The van der Waals surface area contributed by atoms with Crippen molar-refractivity contribution in [2.75, 3.05) is 31.2 Å². The van der Waals surface area contributed by atoms with E-state index in [0.717, 1.165) is 18.0 Å². The van der Waals surface area contributed by atoms with Crippen LogP contribution in [0.25, 0.3) is 0 Å². The highest BCUT2D eigenvalue weighted by atomic mass is 32.1. The quantitative estimate of drug-likeness (QED) is 0.645. The summed E-state index contributed by atoms with van der Waals surface area (Å²) in [5.41, 5.74) is 6.39. The van der Waals surface area contributed by atoms with Crippen molar-refractivity contribution in [2.24, 2.45) is 5.92 Å². The number of hydrogen-bond donors (Lipinski definition) is 3. The molecule has 0 saturated carbocycles. The number of nitrogens with two attached hydrogens (primary N) is 1. The molecule has 4 N–H and O–H groups in total. The van der Waals surface area contributed by atoms with E-state index in [1.165, 1.54) is 17.8 Å². The van der Waals surface area contributed by atoms with E-state index in [4.69, 9.17) is 10.5 Å². The summed E-state index contributed by atoms with van der Waals surface area (Å²) in [4.78, 5) is 12.4. The molecule has 1 rings (SSSR count). The fourth-order valence-corrected chi connectivity index (χ4v) is 2.90. The number of thiophene rings is 1. The maximum absolute atomic E-state index is 11.9. The number of hydrogen-bond acceptors (Lipinski definition) is 5. The molecule has 6 heteroatoms. The highest BCUT2D eigenvalue weighted by molar-refractivity contribution is 7.19. The van der Waals surface area contributed by atoms with E-state index in [1.807, 2.05) is 6.92 Å². The van der Waals surface area contributed by atoms with Gasteiger partial charge in [-0.25, -0.2) is 0 Å². The van der Waals surface area contributed by atoms with Crippen LogP contribution in [0.4, 0.5) is 10.7 Å². The first kappa shape index (κ1) is 16.6. The Morgan fingerprint density at radius 3 is 2.70 bits per heavy atom. The van der Waals surface area contributed by atoms with Gasteiger partial charge in [-0.05, 0) is 25.7 Å². The average Bonchev–Trinajstić information content (AvgIpc) is 2.71. The van der Waals surface area contributed by atoms with Crippen molar-refractivity contribution < 1.29 is 9.53 Å². The molecule has 1 heterocycles. The van der Waals surface area contributed by atoms with Crippen LogP contribution in [0.3, 0.4) is 0 Å². The SMILES string of the molecule is CCNC(=O)c1sc(NCCCC(C)C)c(OC)c1N. The Bertz CT molecular complexity index is 444. The minimum absolute atomic E-state index is 0.150. The molecule has 0 aliphatic rings. The Hall–Kier alpha value is -1.43. The molecule has 1 aromatic heterocycles. The molecule has 114 valence electrons. The molecule has 1 amide bonds. The molecule has 20 heavy (non-hydrogen) atoms.